The van der Waals surface area contributed by atoms with Gasteiger partial charge in [-0.15, -0.1) is 0 Å². The molecule has 0 aliphatic carbocycles. The Balaban J connectivity index is 2.07. The van der Waals surface area contributed by atoms with Crippen LogP contribution >= 0.6 is 11.8 Å². The first kappa shape index (κ1) is 13.2. The van der Waals surface area contributed by atoms with Crippen LogP contribution in [0.3, 0.4) is 0 Å². The number of hydrogen-bond donors (Lipinski definition) is 1. The van der Waals surface area contributed by atoms with Gasteiger partial charge in [-0.05, 0) is 35.9 Å². The van der Waals surface area contributed by atoms with Gasteiger partial charge in [-0.25, -0.2) is 0 Å². The number of thioether (sulfide) groups is 1. The number of benzene rings is 1. The maximum atomic E-state index is 5.96. The van der Waals surface area contributed by atoms with Gasteiger partial charge in [-0.1, -0.05) is 6.07 Å². The fourth-order valence-electron chi connectivity index (χ4n) is 1.86. The highest BCUT2D eigenvalue weighted by Crippen LogP contribution is 2.25. The minimum atomic E-state index is 0.797. The molecule has 1 aromatic heterocycles. The lowest BCUT2D eigenvalue weighted by Gasteiger charge is -2.07. The summed E-state index contributed by atoms with van der Waals surface area (Å²) in [5, 5.41) is 1.05. The van der Waals surface area contributed by atoms with E-state index in [1.54, 1.807) is 7.11 Å². The lowest BCUT2D eigenvalue weighted by Crippen LogP contribution is -1.94. The molecule has 0 amide bonds. The van der Waals surface area contributed by atoms with Crippen molar-refractivity contribution >= 4 is 28.4 Å². The number of nitrogen functional groups attached to an aromatic ring is 1. The van der Waals surface area contributed by atoms with Gasteiger partial charge in [0.25, 0.3) is 0 Å². The number of nitrogens with two attached hydrogens (primary N) is 1. The highest BCUT2D eigenvalue weighted by molar-refractivity contribution is 7.98. The number of ether oxygens (including phenoxy) is 1. The van der Waals surface area contributed by atoms with E-state index in [9.17, 15) is 0 Å². The van der Waals surface area contributed by atoms with E-state index in [1.807, 2.05) is 36.2 Å². The van der Waals surface area contributed by atoms with Crippen LogP contribution < -0.4 is 5.73 Å². The van der Waals surface area contributed by atoms with Crippen LogP contribution in [0.4, 0.5) is 5.69 Å². The predicted octanol–water partition coefficient (Wildman–Crippen LogP) is 3.09. The van der Waals surface area contributed by atoms with Crippen LogP contribution in [0.15, 0.2) is 30.5 Å². The second kappa shape index (κ2) is 6.61. The van der Waals surface area contributed by atoms with Gasteiger partial charge in [0.2, 0.25) is 0 Å². The number of aromatic nitrogens is 1. The Morgan fingerprint density at radius 3 is 3.06 bits per heavy atom. The SMILES string of the molecule is COCCCSCc1ccc(N)c2cccnc12. The molecule has 18 heavy (non-hydrogen) atoms. The molecule has 0 aliphatic heterocycles. The first-order chi connectivity index (χ1) is 8.83. The molecule has 0 aliphatic rings. The van der Waals surface area contributed by atoms with Crippen molar-refractivity contribution in [2.24, 2.45) is 0 Å². The minimum Gasteiger partial charge on any atom is -0.398 e. The molecule has 0 spiro atoms. The van der Waals surface area contributed by atoms with Crippen LogP contribution in [-0.2, 0) is 10.5 Å². The molecule has 0 fully saturated rings. The smallest absolute Gasteiger partial charge is 0.0763 e. The number of anilines is 1. The van der Waals surface area contributed by atoms with Gasteiger partial charge in [0.05, 0.1) is 5.52 Å². The van der Waals surface area contributed by atoms with E-state index < -0.39 is 0 Å². The van der Waals surface area contributed by atoms with Gasteiger partial charge in [-0.3, -0.25) is 4.98 Å². The second-order valence-corrected chi connectivity index (χ2v) is 5.22. The maximum Gasteiger partial charge on any atom is 0.0763 e. The molecule has 4 heteroatoms. The summed E-state index contributed by atoms with van der Waals surface area (Å²) in [6.07, 6.45) is 2.91. The van der Waals surface area contributed by atoms with E-state index in [-0.39, 0.29) is 0 Å². The number of fused-ring (bicyclic) bond motifs is 1. The molecule has 2 rings (SSSR count). The molecule has 1 aromatic carbocycles. The summed E-state index contributed by atoms with van der Waals surface area (Å²) in [6.45, 7) is 0.827. The number of nitrogens with zero attached hydrogens (tertiary/aromatic N) is 1. The second-order valence-electron chi connectivity index (χ2n) is 4.11. The molecule has 96 valence electrons. The molecular formula is C14H18N2OS. The standard InChI is InChI=1S/C14H18N2OS/c1-17-8-3-9-18-10-11-5-6-13(15)12-4-2-7-16-14(11)12/h2,4-7H,3,8-10,15H2,1H3. The molecule has 0 bridgehead atoms. The van der Waals surface area contributed by atoms with E-state index in [0.29, 0.717) is 0 Å². The van der Waals surface area contributed by atoms with Crippen molar-refractivity contribution in [3.8, 4) is 0 Å². The Morgan fingerprint density at radius 2 is 2.22 bits per heavy atom. The summed E-state index contributed by atoms with van der Waals surface area (Å²) < 4.78 is 5.04. The lowest BCUT2D eigenvalue weighted by atomic mass is 10.1. The maximum absolute atomic E-state index is 5.96. The largest absolute Gasteiger partial charge is 0.398 e. The molecule has 0 radical (unpaired) electrons. The quantitative estimate of drug-likeness (QED) is 0.642. The summed E-state index contributed by atoms with van der Waals surface area (Å²) in [5.74, 6) is 2.07. The molecule has 0 saturated heterocycles. The molecule has 0 saturated carbocycles. The van der Waals surface area contributed by atoms with Gasteiger partial charge in [0.15, 0.2) is 0 Å². The molecule has 0 atom stereocenters. The third kappa shape index (κ3) is 3.15. The monoisotopic (exact) mass is 262 g/mol. The number of rotatable bonds is 6. The Kier molecular flexibility index (Phi) is 4.84. The van der Waals surface area contributed by atoms with Gasteiger partial charge < -0.3 is 10.5 Å². The number of hydrogen-bond acceptors (Lipinski definition) is 4. The minimum absolute atomic E-state index is 0.797. The highest BCUT2D eigenvalue weighted by atomic mass is 32.2. The summed E-state index contributed by atoms with van der Waals surface area (Å²) >= 11 is 1.91. The van der Waals surface area contributed by atoms with E-state index in [1.165, 1.54) is 5.56 Å². The fourth-order valence-corrected chi connectivity index (χ4v) is 2.78. The summed E-state index contributed by atoms with van der Waals surface area (Å²) in [4.78, 5) is 4.44. The van der Waals surface area contributed by atoms with Crippen molar-refractivity contribution in [3.63, 3.8) is 0 Å². The summed E-state index contributed by atoms with van der Waals surface area (Å²) in [7, 11) is 1.74. The predicted molar refractivity (Wildman–Crippen MR) is 78.8 cm³/mol. The van der Waals surface area contributed by atoms with Crippen LogP contribution in [0.25, 0.3) is 10.9 Å². The normalized spacial score (nSPS) is 10.9. The zero-order chi connectivity index (χ0) is 12.8. The molecule has 0 unspecified atom stereocenters. The molecule has 3 nitrogen and oxygen atoms in total. The summed E-state index contributed by atoms with van der Waals surface area (Å²) in [5.41, 5.74) is 9.03. The number of pyridine rings is 1. The van der Waals surface area contributed by atoms with E-state index in [2.05, 4.69) is 11.1 Å². The van der Waals surface area contributed by atoms with Crippen molar-refractivity contribution in [2.75, 3.05) is 25.2 Å². The first-order valence-corrected chi connectivity index (χ1v) is 7.17. The van der Waals surface area contributed by atoms with Gasteiger partial charge in [0.1, 0.15) is 0 Å². The van der Waals surface area contributed by atoms with Gasteiger partial charge >= 0.3 is 0 Å². The number of methoxy groups -OCH3 is 1. The zero-order valence-corrected chi connectivity index (χ0v) is 11.4. The fraction of sp³-hybridized carbons (Fsp3) is 0.357. The van der Waals surface area contributed by atoms with Crippen molar-refractivity contribution < 1.29 is 4.74 Å². The van der Waals surface area contributed by atoms with Crippen molar-refractivity contribution in [3.05, 3.63) is 36.0 Å². The van der Waals surface area contributed by atoms with Crippen molar-refractivity contribution in [1.29, 1.82) is 0 Å². The van der Waals surface area contributed by atoms with Crippen LogP contribution in [-0.4, -0.2) is 24.5 Å². The van der Waals surface area contributed by atoms with Crippen molar-refractivity contribution in [1.82, 2.24) is 4.98 Å². The average Bonchev–Trinajstić information content (AvgIpc) is 2.41. The van der Waals surface area contributed by atoms with Gasteiger partial charge in [0, 0.05) is 36.7 Å². The molecule has 2 aromatic rings. The van der Waals surface area contributed by atoms with Crippen LogP contribution in [0.5, 0.6) is 0 Å². The molecule has 2 N–H and O–H groups in total. The van der Waals surface area contributed by atoms with Crippen molar-refractivity contribution in [2.45, 2.75) is 12.2 Å². The van der Waals surface area contributed by atoms with Gasteiger partial charge in [-0.2, -0.15) is 11.8 Å². The lowest BCUT2D eigenvalue weighted by molar-refractivity contribution is 0.200. The highest BCUT2D eigenvalue weighted by Gasteiger charge is 2.04. The first-order valence-electron chi connectivity index (χ1n) is 6.01. The van der Waals surface area contributed by atoms with Crippen LogP contribution in [0.1, 0.15) is 12.0 Å². The van der Waals surface area contributed by atoms with Crippen LogP contribution in [0, 0.1) is 0 Å². The molecular weight excluding hydrogens is 244 g/mol. The Morgan fingerprint density at radius 1 is 1.33 bits per heavy atom. The third-order valence-corrected chi connectivity index (χ3v) is 3.87. The topological polar surface area (TPSA) is 48.1 Å². The van der Waals surface area contributed by atoms with E-state index in [0.717, 1.165) is 41.1 Å². The van der Waals surface area contributed by atoms with E-state index >= 15 is 0 Å². The summed E-state index contributed by atoms with van der Waals surface area (Å²) in [6, 6.07) is 7.99. The Bertz CT molecular complexity index is 516. The van der Waals surface area contributed by atoms with E-state index in [4.69, 9.17) is 10.5 Å². The Labute approximate surface area is 112 Å². The Hall–Kier alpha value is -1.26. The average molecular weight is 262 g/mol. The van der Waals surface area contributed by atoms with Crippen LogP contribution in [0.2, 0.25) is 0 Å². The zero-order valence-electron chi connectivity index (χ0n) is 10.6. The molecule has 1 heterocycles. The third-order valence-electron chi connectivity index (χ3n) is 2.78.